The molecule has 0 aromatic rings. The number of nitrogens with zero attached hydrogens (tertiary/aromatic N) is 2. The van der Waals surface area contributed by atoms with Crippen LogP contribution in [0.3, 0.4) is 0 Å². The topological polar surface area (TPSA) is 110 Å². The minimum absolute atomic E-state index is 0. The van der Waals surface area contributed by atoms with Crippen LogP contribution >= 0.6 is 0 Å². The third kappa shape index (κ3) is 50.5. The Bertz CT molecular complexity index is 105. The van der Waals surface area contributed by atoms with Gasteiger partial charge in [-0.15, -0.1) is 10.9 Å². The van der Waals surface area contributed by atoms with E-state index in [1.54, 1.807) is 10.9 Å². The predicted octanol–water partition coefficient (Wildman–Crippen LogP) is -1.21. The second-order valence-corrected chi connectivity index (χ2v) is 0.961. The van der Waals surface area contributed by atoms with E-state index in [-0.39, 0.29) is 16.5 Å². The van der Waals surface area contributed by atoms with Crippen LogP contribution in [0.5, 0.6) is 0 Å². The molecule has 0 saturated carbocycles. The standard InChI is InChI=1S/2CH4N2O2.Ni/c2*1-2-3(4)5;/h2*2H,1H3;. The molecule has 0 aromatic carbocycles. The first-order valence-electron chi connectivity index (χ1n) is 2.18. The molecule has 0 fully saturated rings. The zero-order valence-corrected chi connectivity index (χ0v) is 6.83. The van der Waals surface area contributed by atoms with Gasteiger partial charge in [0.15, 0.2) is 10.1 Å². The number of nitro groups is 2. The van der Waals surface area contributed by atoms with E-state index < -0.39 is 10.1 Å². The van der Waals surface area contributed by atoms with E-state index >= 15 is 0 Å². The molecule has 9 heteroatoms. The third-order valence-corrected chi connectivity index (χ3v) is 0.365. The van der Waals surface area contributed by atoms with Crippen LogP contribution in [0.4, 0.5) is 0 Å². The first kappa shape index (κ1) is 16.5. The molecule has 0 radical (unpaired) electrons. The van der Waals surface area contributed by atoms with Crippen molar-refractivity contribution < 1.29 is 26.6 Å². The maximum absolute atomic E-state index is 9.06. The quantitative estimate of drug-likeness (QED) is 0.336. The summed E-state index contributed by atoms with van der Waals surface area (Å²) in [6, 6.07) is 0. The number of rotatable bonds is 2. The minimum Gasteiger partial charge on any atom is -0.235 e. The molecule has 8 nitrogen and oxygen atoms in total. The predicted molar refractivity (Wildman–Crippen MR) is 32.1 cm³/mol. The van der Waals surface area contributed by atoms with Crippen LogP contribution < -0.4 is 10.9 Å². The molecule has 11 heavy (non-hydrogen) atoms. The van der Waals surface area contributed by atoms with Crippen molar-refractivity contribution >= 4 is 0 Å². The summed E-state index contributed by atoms with van der Waals surface area (Å²) >= 11 is 0. The van der Waals surface area contributed by atoms with E-state index in [1.807, 2.05) is 0 Å². The van der Waals surface area contributed by atoms with E-state index in [4.69, 9.17) is 20.2 Å². The number of nitrogens with one attached hydrogen (secondary N) is 2. The largest absolute Gasteiger partial charge is 0.235 e. The minimum atomic E-state index is -0.625. The fraction of sp³-hybridized carbons (Fsp3) is 1.00. The molecule has 0 bridgehead atoms. The van der Waals surface area contributed by atoms with E-state index in [2.05, 4.69) is 0 Å². The summed E-state index contributed by atoms with van der Waals surface area (Å²) in [6.07, 6.45) is 0. The van der Waals surface area contributed by atoms with Crippen molar-refractivity contribution in [2.24, 2.45) is 0 Å². The second kappa shape index (κ2) is 11.7. The molecule has 0 rings (SSSR count). The summed E-state index contributed by atoms with van der Waals surface area (Å²) in [5, 5.41) is 16.9. The Kier molecular flexibility index (Phi) is 17.5. The first-order chi connectivity index (χ1) is 4.54. The molecule has 0 aliphatic carbocycles. The molecular weight excluding hydrogens is 203 g/mol. The van der Waals surface area contributed by atoms with E-state index in [0.717, 1.165) is 0 Å². The van der Waals surface area contributed by atoms with Gasteiger partial charge in [-0.1, -0.05) is 0 Å². The molecule has 0 aliphatic rings. The van der Waals surface area contributed by atoms with Crippen molar-refractivity contribution in [1.29, 1.82) is 0 Å². The van der Waals surface area contributed by atoms with Crippen molar-refractivity contribution in [3.05, 3.63) is 20.2 Å². The fourth-order valence-electron chi connectivity index (χ4n) is 0. The molecule has 0 aliphatic heterocycles. The van der Waals surface area contributed by atoms with Gasteiger partial charge in [0, 0.05) is 16.5 Å². The summed E-state index contributed by atoms with van der Waals surface area (Å²) < 4.78 is 0. The van der Waals surface area contributed by atoms with E-state index in [0.29, 0.717) is 0 Å². The Morgan fingerprint density at radius 2 is 1.09 bits per heavy atom. The molecule has 2 N–H and O–H groups in total. The van der Waals surface area contributed by atoms with Gasteiger partial charge in [0.2, 0.25) is 0 Å². The van der Waals surface area contributed by atoms with Crippen LogP contribution in [-0.2, 0) is 16.5 Å². The number of hydrogen-bond donors (Lipinski definition) is 2. The SMILES string of the molecule is CN[N+](=O)[O-].CN[N+](=O)[O-].[Ni]. The van der Waals surface area contributed by atoms with Gasteiger partial charge in [0.25, 0.3) is 0 Å². The molecule has 70 valence electrons. The number of hydrazine groups is 2. The molecule has 0 amide bonds. The number of hydrogen-bond acceptors (Lipinski definition) is 4. The summed E-state index contributed by atoms with van der Waals surface area (Å²) in [4.78, 5) is 18.1. The van der Waals surface area contributed by atoms with Gasteiger partial charge >= 0.3 is 0 Å². The summed E-state index contributed by atoms with van der Waals surface area (Å²) in [6.45, 7) is 0. The van der Waals surface area contributed by atoms with Crippen LogP contribution in [0.2, 0.25) is 0 Å². The van der Waals surface area contributed by atoms with Crippen LogP contribution in [0.1, 0.15) is 0 Å². The van der Waals surface area contributed by atoms with Crippen molar-refractivity contribution in [3.8, 4) is 0 Å². The zero-order chi connectivity index (χ0) is 8.57. The Hall–Kier alpha value is -1.11. The van der Waals surface area contributed by atoms with Gasteiger partial charge in [-0.05, 0) is 0 Å². The summed E-state index contributed by atoms with van der Waals surface area (Å²) in [5.74, 6) is 0. The molecule has 0 atom stereocenters. The van der Waals surface area contributed by atoms with Crippen LogP contribution in [0.25, 0.3) is 0 Å². The molecule has 0 unspecified atom stereocenters. The van der Waals surface area contributed by atoms with Crippen molar-refractivity contribution in [2.45, 2.75) is 0 Å². The van der Waals surface area contributed by atoms with Crippen LogP contribution in [0.15, 0.2) is 0 Å². The van der Waals surface area contributed by atoms with Gasteiger partial charge in [0.1, 0.15) is 0 Å². The van der Waals surface area contributed by atoms with Crippen LogP contribution in [0, 0.1) is 20.2 Å². The van der Waals surface area contributed by atoms with E-state index in [9.17, 15) is 0 Å². The Morgan fingerprint density at radius 3 is 1.09 bits per heavy atom. The van der Waals surface area contributed by atoms with Crippen molar-refractivity contribution in [3.63, 3.8) is 0 Å². The van der Waals surface area contributed by atoms with Gasteiger partial charge in [-0.2, -0.15) is 0 Å². The zero-order valence-electron chi connectivity index (χ0n) is 5.84. The molecule has 0 saturated heterocycles. The molecule has 0 aromatic heterocycles. The summed E-state index contributed by atoms with van der Waals surface area (Å²) in [5.41, 5.74) is 3.50. The van der Waals surface area contributed by atoms with Gasteiger partial charge in [-0.25, -0.2) is 20.2 Å². The second-order valence-electron chi connectivity index (χ2n) is 0.961. The smallest absolute Gasteiger partial charge is 0.157 e. The average Bonchev–Trinajstić information content (AvgIpc) is 1.89. The van der Waals surface area contributed by atoms with Crippen molar-refractivity contribution in [2.75, 3.05) is 14.1 Å². The maximum atomic E-state index is 9.06. The third-order valence-electron chi connectivity index (χ3n) is 0.365. The monoisotopic (exact) mass is 210 g/mol. The molecule has 0 heterocycles. The van der Waals surface area contributed by atoms with Gasteiger partial charge in [0.05, 0.1) is 14.1 Å². The van der Waals surface area contributed by atoms with E-state index in [1.165, 1.54) is 14.1 Å². The van der Waals surface area contributed by atoms with Crippen molar-refractivity contribution in [1.82, 2.24) is 10.9 Å². The Morgan fingerprint density at radius 1 is 1.00 bits per heavy atom. The van der Waals surface area contributed by atoms with Gasteiger partial charge < -0.3 is 0 Å². The molecule has 0 spiro atoms. The first-order valence-corrected chi connectivity index (χ1v) is 2.18. The molecular formula is C2H8N4NiO4. The Balaban J connectivity index is -0.000000107. The van der Waals surface area contributed by atoms with Crippen LogP contribution in [-0.4, -0.2) is 24.2 Å². The Labute approximate surface area is 72.5 Å². The van der Waals surface area contributed by atoms with Gasteiger partial charge in [-0.3, -0.25) is 0 Å². The maximum Gasteiger partial charge on any atom is 0.157 e. The average molecular weight is 211 g/mol. The normalized spacial score (nSPS) is 6.00. The summed E-state index contributed by atoms with van der Waals surface area (Å²) in [7, 11) is 2.50. The fourth-order valence-corrected chi connectivity index (χ4v) is 0.